The molecule has 3 aromatic rings. The topological polar surface area (TPSA) is 102 Å². The molecule has 0 radical (unpaired) electrons. The quantitative estimate of drug-likeness (QED) is 0.566. The summed E-state index contributed by atoms with van der Waals surface area (Å²) in [5.41, 5.74) is 3.66. The molecule has 0 aliphatic heterocycles. The van der Waals surface area contributed by atoms with E-state index < -0.39 is 5.91 Å². The predicted octanol–water partition coefficient (Wildman–Crippen LogP) is 3.81. The van der Waals surface area contributed by atoms with Gasteiger partial charge in [0.2, 0.25) is 0 Å². The third-order valence-corrected chi connectivity index (χ3v) is 3.54. The van der Waals surface area contributed by atoms with Gasteiger partial charge in [-0.2, -0.15) is 0 Å². The van der Waals surface area contributed by atoms with Gasteiger partial charge in [0.15, 0.2) is 0 Å². The molecule has 28 heavy (non-hydrogen) atoms. The Morgan fingerprint density at radius 1 is 0.857 bits per heavy atom. The minimum absolute atomic E-state index is 0.162. The van der Waals surface area contributed by atoms with Crippen LogP contribution in [0.25, 0.3) is 0 Å². The number of rotatable bonds is 6. The first-order chi connectivity index (χ1) is 13.6. The number of hydroxylamine groups is 1. The van der Waals surface area contributed by atoms with Gasteiger partial charge in [0.05, 0.1) is 7.11 Å². The van der Waals surface area contributed by atoms with Gasteiger partial charge < -0.3 is 15.4 Å². The molecule has 0 bridgehead atoms. The fourth-order valence-electron chi connectivity index (χ4n) is 2.30. The third kappa shape index (κ3) is 5.29. The second-order valence-corrected chi connectivity index (χ2v) is 5.58. The SMILES string of the molecule is CONC(=O)c1cc(Oc2ccc(NC(=O)Nc3ccccc3)cc2)ccn1. The Morgan fingerprint density at radius 2 is 1.54 bits per heavy atom. The van der Waals surface area contributed by atoms with Crippen molar-refractivity contribution < 1.29 is 19.2 Å². The molecule has 3 rings (SSSR count). The van der Waals surface area contributed by atoms with E-state index >= 15 is 0 Å². The molecule has 8 heteroatoms. The first-order valence-corrected chi connectivity index (χ1v) is 8.34. The summed E-state index contributed by atoms with van der Waals surface area (Å²) in [7, 11) is 1.34. The number of para-hydroxylation sites is 1. The third-order valence-electron chi connectivity index (χ3n) is 3.54. The number of pyridine rings is 1. The molecule has 1 heterocycles. The van der Waals surface area contributed by atoms with E-state index in [1.807, 2.05) is 18.2 Å². The molecule has 142 valence electrons. The van der Waals surface area contributed by atoms with E-state index in [-0.39, 0.29) is 11.7 Å². The second-order valence-electron chi connectivity index (χ2n) is 5.58. The van der Waals surface area contributed by atoms with Crippen LogP contribution >= 0.6 is 0 Å². The Labute approximate surface area is 161 Å². The summed E-state index contributed by atoms with van der Waals surface area (Å²) in [4.78, 5) is 32.3. The lowest BCUT2D eigenvalue weighted by Crippen LogP contribution is -2.22. The van der Waals surface area contributed by atoms with Crippen LogP contribution in [0.5, 0.6) is 11.5 Å². The van der Waals surface area contributed by atoms with Crippen molar-refractivity contribution in [3.05, 3.63) is 78.6 Å². The molecular weight excluding hydrogens is 360 g/mol. The largest absolute Gasteiger partial charge is 0.457 e. The Morgan fingerprint density at radius 3 is 2.21 bits per heavy atom. The van der Waals surface area contributed by atoms with E-state index in [9.17, 15) is 9.59 Å². The maximum atomic E-state index is 12.0. The summed E-state index contributed by atoms with van der Waals surface area (Å²) in [6.45, 7) is 0. The van der Waals surface area contributed by atoms with Gasteiger partial charge >= 0.3 is 6.03 Å². The number of anilines is 2. The van der Waals surface area contributed by atoms with Gasteiger partial charge in [-0.25, -0.2) is 10.3 Å². The normalized spacial score (nSPS) is 10.0. The molecular formula is C20H18N4O4. The number of benzene rings is 2. The van der Waals surface area contributed by atoms with Crippen molar-refractivity contribution in [2.75, 3.05) is 17.7 Å². The maximum Gasteiger partial charge on any atom is 0.323 e. The van der Waals surface area contributed by atoms with E-state index in [0.717, 1.165) is 0 Å². The van der Waals surface area contributed by atoms with Crippen molar-refractivity contribution in [1.82, 2.24) is 10.5 Å². The van der Waals surface area contributed by atoms with Crippen molar-refractivity contribution in [2.45, 2.75) is 0 Å². The molecule has 0 spiro atoms. The Hall–Kier alpha value is -3.91. The molecule has 0 unspecified atom stereocenters. The van der Waals surface area contributed by atoms with Crippen LogP contribution in [0.1, 0.15) is 10.5 Å². The minimum Gasteiger partial charge on any atom is -0.457 e. The lowest BCUT2D eigenvalue weighted by molar-refractivity contribution is 0.0532. The van der Waals surface area contributed by atoms with Gasteiger partial charge in [0.25, 0.3) is 5.91 Å². The molecule has 3 N–H and O–H groups in total. The van der Waals surface area contributed by atoms with Crippen molar-refractivity contribution in [1.29, 1.82) is 0 Å². The van der Waals surface area contributed by atoms with Crippen molar-refractivity contribution in [2.24, 2.45) is 0 Å². The van der Waals surface area contributed by atoms with E-state index in [2.05, 4.69) is 25.9 Å². The van der Waals surface area contributed by atoms with Crippen molar-refractivity contribution in [3.63, 3.8) is 0 Å². The van der Waals surface area contributed by atoms with Crippen LogP contribution < -0.4 is 20.9 Å². The molecule has 3 amide bonds. The van der Waals surface area contributed by atoms with Gasteiger partial charge in [-0.15, -0.1) is 0 Å². The monoisotopic (exact) mass is 378 g/mol. The number of nitrogens with one attached hydrogen (secondary N) is 3. The summed E-state index contributed by atoms with van der Waals surface area (Å²) in [5, 5.41) is 5.47. The molecule has 0 fully saturated rings. The summed E-state index contributed by atoms with van der Waals surface area (Å²) >= 11 is 0. The zero-order chi connectivity index (χ0) is 19.8. The number of hydrogen-bond acceptors (Lipinski definition) is 5. The molecule has 0 saturated heterocycles. The van der Waals surface area contributed by atoms with Crippen molar-refractivity contribution in [3.8, 4) is 11.5 Å². The number of carbonyl (C=O) groups is 2. The van der Waals surface area contributed by atoms with E-state index in [4.69, 9.17) is 4.74 Å². The predicted molar refractivity (Wildman–Crippen MR) is 104 cm³/mol. The zero-order valence-corrected chi connectivity index (χ0v) is 15.0. The summed E-state index contributed by atoms with van der Waals surface area (Å²) < 4.78 is 5.71. The van der Waals surface area contributed by atoms with Crippen LogP contribution in [-0.2, 0) is 4.84 Å². The van der Waals surface area contributed by atoms with Crippen LogP contribution in [0.3, 0.4) is 0 Å². The van der Waals surface area contributed by atoms with Crippen LogP contribution in [0.4, 0.5) is 16.2 Å². The number of urea groups is 1. The molecule has 0 atom stereocenters. The highest BCUT2D eigenvalue weighted by Crippen LogP contribution is 2.23. The van der Waals surface area contributed by atoms with Crippen molar-refractivity contribution >= 4 is 23.3 Å². The molecule has 0 aliphatic rings. The average Bonchev–Trinajstić information content (AvgIpc) is 2.70. The van der Waals surface area contributed by atoms with Gasteiger partial charge in [-0.1, -0.05) is 18.2 Å². The Balaban J connectivity index is 1.59. The summed E-state index contributed by atoms with van der Waals surface area (Å²) in [6.07, 6.45) is 1.46. The summed E-state index contributed by atoms with van der Waals surface area (Å²) in [5.74, 6) is 0.508. The van der Waals surface area contributed by atoms with Gasteiger partial charge in [-0.05, 0) is 42.5 Å². The average molecular weight is 378 g/mol. The number of ether oxygens (including phenoxy) is 1. The summed E-state index contributed by atoms with van der Waals surface area (Å²) in [6, 6.07) is 18.7. The second kappa shape index (κ2) is 9.15. The number of nitrogens with zero attached hydrogens (tertiary/aromatic N) is 1. The highest BCUT2D eigenvalue weighted by Gasteiger charge is 2.09. The molecule has 8 nitrogen and oxygen atoms in total. The van der Waals surface area contributed by atoms with Crippen LogP contribution in [0.2, 0.25) is 0 Å². The van der Waals surface area contributed by atoms with Crippen LogP contribution in [0.15, 0.2) is 72.9 Å². The van der Waals surface area contributed by atoms with Crippen LogP contribution in [0, 0.1) is 0 Å². The molecule has 0 saturated carbocycles. The fourth-order valence-corrected chi connectivity index (χ4v) is 2.30. The standard InChI is InChI=1S/C20H18N4O4/c1-27-24-19(25)18-13-17(11-12-21-18)28-16-9-7-15(8-10-16)23-20(26)22-14-5-3-2-4-6-14/h2-13H,1H3,(H,24,25)(H2,22,23,26). The number of hydrogen-bond donors (Lipinski definition) is 3. The van der Waals surface area contributed by atoms with E-state index in [1.165, 1.54) is 19.4 Å². The lowest BCUT2D eigenvalue weighted by atomic mass is 10.3. The maximum absolute atomic E-state index is 12.0. The molecule has 0 aliphatic carbocycles. The highest BCUT2D eigenvalue weighted by molar-refractivity contribution is 5.99. The van der Waals surface area contributed by atoms with E-state index in [0.29, 0.717) is 22.9 Å². The number of aromatic nitrogens is 1. The fraction of sp³-hybridized carbons (Fsp3) is 0.0500. The molecule has 2 aromatic carbocycles. The smallest absolute Gasteiger partial charge is 0.323 e. The first-order valence-electron chi connectivity index (χ1n) is 8.34. The molecule has 1 aromatic heterocycles. The minimum atomic E-state index is -0.475. The Bertz CT molecular complexity index is 946. The van der Waals surface area contributed by atoms with Gasteiger partial charge in [0, 0.05) is 23.6 Å². The van der Waals surface area contributed by atoms with E-state index in [1.54, 1.807) is 42.5 Å². The number of carbonyl (C=O) groups excluding carboxylic acids is 2. The Kier molecular flexibility index (Phi) is 6.17. The first kappa shape index (κ1) is 18.9. The van der Waals surface area contributed by atoms with Crippen LogP contribution in [-0.4, -0.2) is 24.0 Å². The van der Waals surface area contributed by atoms with Gasteiger partial charge in [-0.3, -0.25) is 14.6 Å². The number of amides is 3. The lowest BCUT2D eigenvalue weighted by Gasteiger charge is -2.10. The zero-order valence-electron chi connectivity index (χ0n) is 15.0. The highest BCUT2D eigenvalue weighted by atomic mass is 16.6. The van der Waals surface area contributed by atoms with Gasteiger partial charge in [0.1, 0.15) is 17.2 Å².